The fourth-order valence-electron chi connectivity index (χ4n) is 5.53. The molecule has 1 aliphatic carbocycles. The number of hydrogen-bond donors (Lipinski definition) is 0. The molecule has 170 valence electrons. The summed E-state index contributed by atoms with van der Waals surface area (Å²) < 4.78 is 5.62. The molecule has 2 aromatic rings. The van der Waals surface area contributed by atoms with Crippen LogP contribution in [0.5, 0.6) is 0 Å². The van der Waals surface area contributed by atoms with E-state index in [1.807, 2.05) is 35.2 Å². The normalized spacial score (nSPS) is 20.1. The number of rotatable bonds is 4. The summed E-state index contributed by atoms with van der Waals surface area (Å²) in [4.78, 5) is 19.9. The van der Waals surface area contributed by atoms with Crippen LogP contribution in [-0.4, -0.2) is 54.7 Å². The quantitative estimate of drug-likeness (QED) is 0.692. The third-order valence-corrected chi connectivity index (χ3v) is 7.41. The molecule has 0 N–H and O–H groups in total. The minimum Gasteiger partial charge on any atom is -0.445 e. The van der Waals surface area contributed by atoms with Crippen LogP contribution >= 0.6 is 0 Å². The monoisotopic (exact) mass is 433 g/mol. The van der Waals surface area contributed by atoms with Crippen molar-refractivity contribution in [3.63, 3.8) is 0 Å². The van der Waals surface area contributed by atoms with Gasteiger partial charge in [0.25, 0.3) is 0 Å². The highest BCUT2D eigenvalue weighted by atomic mass is 16.6. The van der Waals surface area contributed by atoms with Gasteiger partial charge in [0.2, 0.25) is 0 Å². The number of piperazine rings is 1. The van der Waals surface area contributed by atoms with Crippen LogP contribution in [0.25, 0.3) is 0 Å². The summed E-state index contributed by atoms with van der Waals surface area (Å²) >= 11 is 0. The number of hydrogen-bond acceptors (Lipinski definition) is 4. The summed E-state index contributed by atoms with van der Waals surface area (Å²) in [6.07, 6.45) is 7.36. The standard InChI is InChI=1S/C27H35N3O2/c31-27(32-21-22-7-2-1-3-8-22)30-14-6-9-23-12-13-26(19-24(23)20-30)29-17-15-28(16-18-29)25-10-4-5-11-25/h1-3,7-8,12-13,19,25H,4-6,9-11,14-18,20-21H2. The van der Waals surface area contributed by atoms with Crippen molar-refractivity contribution >= 4 is 11.8 Å². The third kappa shape index (κ3) is 4.93. The highest BCUT2D eigenvalue weighted by Crippen LogP contribution is 2.28. The Labute approximate surface area is 191 Å². The molecule has 0 atom stereocenters. The predicted octanol–water partition coefficient (Wildman–Crippen LogP) is 4.84. The number of anilines is 1. The number of carbonyl (C=O) groups is 1. The zero-order valence-corrected chi connectivity index (χ0v) is 19.0. The van der Waals surface area contributed by atoms with Gasteiger partial charge in [-0.25, -0.2) is 4.79 Å². The summed E-state index contributed by atoms with van der Waals surface area (Å²) in [5, 5.41) is 0. The smallest absolute Gasteiger partial charge is 0.410 e. The first kappa shape index (κ1) is 21.3. The molecule has 2 fully saturated rings. The fraction of sp³-hybridized carbons (Fsp3) is 0.519. The lowest BCUT2D eigenvalue weighted by atomic mass is 10.0. The van der Waals surface area contributed by atoms with Crippen LogP contribution in [0.2, 0.25) is 0 Å². The first-order chi connectivity index (χ1) is 15.8. The molecule has 32 heavy (non-hydrogen) atoms. The van der Waals surface area contributed by atoms with Crippen molar-refractivity contribution in [1.29, 1.82) is 0 Å². The second-order valence-electron chi connectivity index (χ2n) is 9.48. The molecule has 2 aliphatic heterocycles. The zero-order chi connectivity index (χ0) is 21.8. The Hall–Kier alpha value is -2.53. The van der Waals surface area contributed by atoms with Crippen molar-refractivity contribution in [3.05, 3.63) is 65.2 Å². The summed E-state index contributed by atoms with van der Waals surface area (Å²) in [7, 11) is 0. The van der Waals surface area contributed by atoms with E-state index in [4.69, 9.17) is 4.74 Å². The molecular formula is C27H35N3O2. The molecule has 2 heterocycles. The second kappa shape index (κ2) is 9.95. The molecule has 2 aromatic carbocycles. The van der Waals surface area contributed by atoms with Gasteiger partial charge >= 0.3 is 6.09 Å². The predicted molar refractivity (Wildman–Crippen MR) is 128 cm³/mol. The third-order valence-electron chi connectivity index (χ3n) is 7.41. The highest BCUT2D eigenvalue weighted by Gasteiger charge is 2.27. The Morgan fingerprint density at radius 3 is 2.44 bits per heavy atom. The van der Waals surface area contributed by atoms with Crippen LogP contribution in [-0.2, 0) is 24.3 Å². The fourth-order valence-corrected chi connectivity index (χ4v) is 5.53. The molecule has 3 aliphatic rings. The van der Waals surface area contributed by atoms with E-state index in [2.05, 4.69) is 28.0 Å². The van der Waals surface area contributed by atoms with Crippen LogP contribution in [0.4, 0.5) is 10.5 Å². The molecule has 0 bridgehead atoms. The largest absolute Gasteiger partial charge is 0.445 e. The Balaban J connectivity index is 1.21. The van der Waals surface area contributed by atoms with Gasteiger partial charge in [-0.05, 0) is 54.5 Å². The lowest BCUT2D eigenvalue weighted by Crippen LogP contribution is -2.49. The van der Waals surface area contributed by atoms with Gasteiger partial charge in [0.15, 0.2) is 0 Å². The number of benzene rings is 2. The number of amides is 1. The van der Waals surface area contributed by atoms with Gasteiger partial charge in [-0.2, -0.15) is 0 Å². The Kier molecular flexibility index (Phi) is 6.63. The SMILES string of the molecule is O=C(OCc1ccccc1)N1CCCc2ccc(N3CCN(C4CCCC4)CC3)cc2C1. The lowest BCUT2D eigenvalue weighted by molar-refractivity contribution is 0.0942. The molecule has 1 saturated heterocycles. The molecular weight excluding hydrogens is 398 g/mol. The average Bonchev–Trinajstić information content (AvgIpc) is 3.30. The topological polar surface area (TPSA) is 36.0 Å². The van der Waals surface area contributed by atoms with Crippen LogP contribution < -0.4 is 4.90 Å². The summed E-state index contributed by atoms with van der Waals surface area (Å²) in [5.41, 5.74) is 4.97. The van der Waals surface area contributed by atoms with Gasteiger partial charge in [-0.3, -0.25) is 4.90 Å². The van der Waals surface area contributed by atoms with E-state index >= 15 is 0 Å². The molecule has 1 saturated carbocycles. The van der Waals surface area contributed by atoms with Crippen LogP contribution in [0.15, 0.2) is 48.5 Å². The van der Waals surface area contributed by atoms with Crippen molar-refractivity contribution in [2.75, 3.05) is 37.6 Å². The van der Waals surface area contributed by atoms with Gasteiger partial charge in [0.1, 0.15) is 6.61 Å². The van der Waals surface area contributed by atoms with E-state index in [1.54, 1.807) is 0 Å². The number of nitrogens with zero attached hydrogens (tertiary/aromatic N) is 3. The maximum absolute atomic E-state index is 12.8. The summed E-state index contributed by atoms with van der Waals surface area (Å²) in [5.74, 6) is 0. The minimum atomic E-state index is -0.211. The van der Waals surface area contributed by atoms with Gasteiger partial charge in [-0.15, -0.1) is 0 Å². The van der Waals surface area contributed by atoms with E-state index in [9.17, 15) is 4.79 Å². The number of ether oxygens (including phenoxy) is 1. The maximum atomic E-state index is 12.8. The van der Waals surface area contributed by atoms with E-state index in [1.165, 1.54) is 55.6 Å². The zero-order valence-electron chi connectivity index (χ0n) is 19.0. The average molecular weight is 434 g/mol. The van der Waals surface area contributed by atoms with Crippen molar-refractivity contribution < 1.29 is 9.53 Å². The van der Waals surface area contributed by atoms with E-state index in [0.717, 1.165) is 44.1 Å². The molecule has 0 aromatic heterocycles. The van der Waals surface area contributed by atoms with Gasteiger partial charge in [0.05, 0.1) is 0 Å². The van der Waals surface area contributed by atoms with Crippen molar-refractivity contribution in [1.82, 2.24) is 9.80 Å². The lowest BCUT2D eigenvalue weighted by Gasteiger charge is -2.39. The van der Waals surface area contributed by atoms with E-state index < -0.39 is 0 Å². The first-order valence-corrected chi connectivity index (χ1v) is 12.3. The van der Waals surface area contributed by atoms with Crippen LogP contribution in [0, 0.1) is 0 Å². The van der Waals surface area contributed by atoms with Crippen molar-refractivity contribution in [2.24, 2.45) is 0 Å². The Bertz CT molecular complexity index is 902. The highest BCUT2D eigenvalue weighted by molar-refractivity contribution is 5.68. The van der Waals surface area contributed by atoms with E-state index in [0.29, 0.717) is 13.2 Å². The molecule has 0 unspecified atom stereocenters. The summed E-state index contributed by atoms with van der Waals surface area (Å²) in [6, 6.07) is 17.6. The van der Waals surface area contributed by atoms with Crippen molar-refractivity contribution in [3.8, 4) is 0 Å². The number of aryl methyl sites for hydroxylation is 1. The Morgan fingerprint density at radius 2 is 1.66 bits per heavy atom. The van der Waals surface area contributed by atoms with Gasteiger partial charge < -0.3 is 14.5 Å². The summed E-state index contributed by atoms with van der Waals surface area (Å²) in [6.45, 7) is 6.24. The maximum Gasteiger partial charge on any atom is 0.410 e. The molecule has 1 amide bonds. The van der Waals surface area contributed by atoms with Crippen LogP contribution in [0.3, 0.4) is 0 Å². The first-order valence-electron chi connectivity index (χ1n) is 12.3. The number of carbonyl (C=O) groups excluding carboxylic acids is 1. The molecule has 0 radical (unpaired) electrons. The van der Waals surface area contributed by atoms with Crippen LogP contribution in [0.1, 0.15) is 48.8 Å². The molecule has 5 heteroatoms. The number of fused-ring (bicyclic) bond motifs is 1. The minimum absolute atomic E-state index is 0.211. The van der Waals surface area contributed by atoms with Crippen molar-refractivity contribution in [2.45, 2.75) is 57.7 Å². The second-order valence-corrected chi connectivity index (χ2v) is 9.48. The molecule has 0 spiro atoms. The van der Waals surface area contributed by atoms with Gasteiger partial charge in [-0.1, -0.05) is 49.2 Å². The molecule has 5 nitrogen and oxygen atoms in total. The Morgan fingerprint density at radius 1 is 0.875 bits per heavy atom. The molecule has 5 rings (SSSR count). The van der Waals surface area contributed by atoms with E-state index in [-0.39, 0.29) is 6.09 Å². The van der Waals surface area contributed by atoms with Gasteiger partial charge in [0, 0.05) is 51.0 Å².